The Morgan fingerprint density at radius 2 is 2.16 bits per heavy atom. The number of carbonyl (C=O) groups is 2. The van der Waals surface area contributed by atoms with Crippen molar-refractivity contribution in [3.63, 3.8) is 0 Å². The first-order valence-corrected chi connectivity index (χ1v) is 6.88. The number of hydrogen-bond donors (Lipinski definition) is 1. The first-order valence-electron chi connectivity index (χ1n) is 6.47. The highest BCUT2D eigenvalue weighted by Crippen LogP contribution is 2.23. The lowest BCUT2D eigenvalue weighted by molar-refractivity contribution is -0.163. The molecular formula is C13H22N2O3S. The van der Waals surface area contributed by atoms with E-state index in [1.54, 1.807) is 20.8 Å². The Bertz CT molecular complexity index is 390. The second kappa shape index (κ2) is 5.86. The van der Waals surface area contributed by atoms with Crippen LogP contribution in [0.3, 0.4) is 0 Å². The van der Waals surface area contributed by atoms with Crippen LogP contribution in [0.25, 0.3) is 0 Å². The van der Waals surface area contributed by atoms with Crippen molar-refractivity contribution in [2.75, 3.05) is 6.54 Å². The predicted octanol–water partition coefficient (Wildman–Crippen LogP) is 1.24. The van der Waals surface area contributed by atoms with Crippen molar-refractivity contribution in [3.05, 3.63) is 0 Å². The highest BCUT2D eigenvalue weighted by Gasteiger charge is 2.39. The second-order valence-electron chi connectivity index (χ2n) is 5.81. The Morgan fingerprint density at radius 3 is 2.53 bits per heavy atom. The summed E-state index contributed by atoms with van der Waals surface area (Å²) < 4.78 is 5.35. The third kappa shape index (κ3) is 4.16. The number of likely N-dealkylation sites (tertiary alicyclic amines) is 1. The highest BCUT2D eigenvalue weighted by molar-refractivity contribution is 7.80. The lowest BCUT2D eigenvalue weighted by Crippen LogP contribution is -2.45. The molecule has 1 heterocycles. The van der Waals surface area contributed by atoms with E-state index in [-0.39, 0.29) is 24.2 Å². The number of ether oxygens (including phenoxy) is 1. The van der Waals surface area contributed by atoms with E-state index in [2.05, 4.69) is 0 Å². The molecule has 0 aliphatic carbocycles. The molecule has 108 valence electrons. The number of carbonyl (C=O) groups excluding carboxylic acids is 2. The zero-order valence-corrected chi connectivity index (χ0v) is 12.8. The van der Waals surface area contributed by atoms with E-state index in [1.165, 1.54) is 4.90 Å². The molecule has 1 aliphatic heterocycles. The quantitative estimate of drug-likeness (QED) is 0.622. The van der Waals surface area contributed by atoms with Gasteiger partial charge in [0.2, 0.25) is 5.91 Å². The fourth-order valence-corrected chi connectivity index (χ4v) is 2.27. The zero-order chi connectivity index (χ0) is 14.8. The molecule has 1 aliphatic rings. The summed E-state index contributed by atoms with van der Waals surface area (Å²) in [7, 11) is 0. The average Bonchev–Trinajstić information content (AvgIpc) is 2.59. The van der Waals surface area contributed by atoms with Crippen molar-refractivity contribution in [1.29, 1.82) is 0 Å². The summed E-state index contributed by atoms with van der Waals surface area (Å²) in [5, 5.41) is 0. The molecule has 0 aromatic heterocycles. The van der Waals surface area contributed by atoms with E-state index in [1.807, 2.05) is 6.92 Å². The maximum absolute atomic E-state index is 12.1. The maximum atomic E-state index is 12.1. The second-order valence-corrected chi connectivity index (χ2v) is 6.28. The largest absolute Gasteiger partial charge is 0.458 e. The van der Waals surface area contributed by atoms with Gasteiger partial charge < -0.3 is 15.4 Å². The van der Waals surface area contributed by atoms with Crippen molar-refractivity contribution in [3.8, 4) is 0 Å². The maximum Gasteiger partial charge on any atom is 0.329 e. The van der Waals surface area contributed by atoms with Crippen molar-refractivity contribution >= 4 is 29.1 Å². The van der Waals surface area contributed by atoms with Gasteiger partial charge in [-0.15, -0.1) is 0 Å². The Balaban J connectivity index is 2.78. The Hall–Kier alpha value is -1.17. The van der Waals surface area contributed by atoms with Gasteiger partial charge in [0.05, 0.1) is 4.99 Å². The normalized spacial score (nSPS) is 21.4. The van der Waals surface area contributed by atoms with E-state index < -0.39 is 11.6 Å². The van der Waals surface area contributed by atoms with E-state index >= 15 is 0 Å². The van der Waals surface area contributed by atoms with Crippen LogP contribution in [-0.2, 0) is 14.3 Å². The molecule has 0 aromatic carbocycles. The third-order valence-corrected chi connectivity index (χ3v) is 3.34. The summed E-state index contributed by atoms with van der Waals surface area (Å²) in [6, 6.07) is -0.550. The summed E-state index contributed by atoms with van der Waals surface area (Å²) >= 11 is 4.92. The monoisotopic (exact) mass is 286 g/mol. The molecule has 0 spiro atoms. The highest BCUT2D eigenvalue weighted by atomic mass is 32.1. The zero-order valence-electron chi connectivity index (χ0n) is 11.9. The molecule has 1 rings (SSSR count). The van der Waals surface area contributed by atoms with Gasteiger partial charge in [-0.2, -0.15) is 0 Å². The van der Waals surface area contributed by atoms with Gasteiger partial charge in [0, 0.05) is 18.9 Å². The summed E-state index contributed by atoms with van der Waals surface area (Å²) in [4.78, 5) is 25.9. The molecule has 0 bridgehead atoms. The molecule has 1 fully saturated rings. The molecule has 0 aromatic rings. The van der Waals surface area contributed by atoms with Crippen LogP contribution in [0.4, 0.5) is 0 Å². The smallest absolute Gasteiger partial charge is 0.329 e. The number of rotatable bonds is 4. The van der Waals surface area contributed by atoms with E-state index in [0.29, 0.717) is 18.0 Å². The van der Waals surface area contributed by atoms with Gasteiger partial charge in [-0.25, -0.2) is 4.79 Å². The van der Waals surface area contributed by atoms with Gasteiger partial charge in [-0.3, -0.25) is 4.79 Å². The fraction of sp³-hybridized carbons (Fsp3) is 0.769. The molecule has 1 amide bonds. The molecule has 6 heteroatoms. The average molecular weight is 286 g/mol. The van der Waals surface area contributed by atoms with Gasteiger partial charge in [0.1, 0.15) is 11.6 Å². The molecule has 5 nitrogen and oxygen atoms in total. The van der Waals surface area contributed by atoms with Crippen molar-refractivity contribution in [2.45, 2.75) is 52.2 Å². The first kappa shape index (κ1) is 15.9. The van der Waals surface area contributed by atoms with Crippen LogP contribution in [0.15, 0.2) is 0 Å². The van der Waals surface area contributed by atoms with Crippen LogP contribution in [-0.4, -0.2) is 40.0 Å². The van der Waals surface area contributed by atoms with Crippen LogP contribution in [0.1, 0.15) is 40.5 Å². The van der Waals surface area contributed by atoms with E-state index in [4.69, 9.17) is 22.7 Å². The minimum Gasteiger partial charge on any atom is -0.458 e. The van der Waals surface area contributed by atoms with Crippen LogP contribution < -0.4 is 5.73 Å². The number of amides is 1. The summed E-state index contributed by atoms with van der Waals surface area (Å²) in [6.45, 7) is 7.69. The SMILES string of the molecule is CCC(C(=O)OC(C)(C)C)N1CC(C(N)=S)CC1=O. The van der Waals surface area contributed by atoms with Gasteiger partial charge in [-0.05, 0) is 27.2 Å². The fourth-order valence-electron chi connectivity index (χ4n) is 2.11. The number of hydrogen-bond acceptors (Lipinski definition) is 4. The lowest BCUT2D eigenvalue weighted by atomic mass is 10.1. The van der Waals surface area contributed by atoms with Crippen LogP contribution >= 0.6 is 12.2 Å². The Kier molecular flexibility index (Phi) is 4.90. The van der Waals surface area contributed by atoms with Crippen molar-refractivity contribution in [2.24, 2.45) is 11.7 Å². The molecule has 1 saturated heterocycles. The van der Waals surface area contributed by atoms with Crippen LogP contribution in [0.5, 0.6) is 0 Å². The molecule has 0 saturated carbocycles. The molecular weight excluding hydrogens is 264 g/mol. The number of nitrogens with zero attached hydrogens (tertiary/aromatic N) is 1. The van der Waals surface area contributed by atoms with E-state index in [0.717, 1.165) is 0 Å². The summed E-state index contributed by atoms with van der Waals surface area (Å²) in [5.41, 5.74) is 5.02. The Morgan fingerprint density at radius 1 is 1.58 bits per heavy atom. The van der Waals surface area contributed by atoms with Crippen LogP contribution in [0.2, 0.25) is 0 Å². The molecule has 2 unspecified atom stereocenters. The minimum absolute atomic E-state index is 0.0875. The number of esters is 1. The van der Waals surface area contributed by atoms with Crippen LogP contribution in [0, 0.1) is 5.92 Å². The Labute approximate surface area is 119 Å². The lowest BCUT2D eigenvalue weighted by Gasteiger charge is -2.29. The van der Waals surface area contributed by atoms with Crippen molar-refractivity contribution in [1.82, 2.24) is 4.90 Å². The third-order valence-electron chi connectivity index (χ3n) is 3.00. The summed E-state index contributed by atoms with van der Waals surface area (Å²) in [6.07, 6.45) is 0.805. The van der Waals surface area contributed by atoms with Gasteiger partial charge >= 0.3 is 5.97 Å². The topological polar surface area (TPSA) is 72.6 Å². The first-order chi connectivity index (χ1) is 8.65. The predicted molar refractivity (Wildman–Crippen MR) is 76.5 cm³/mol. The standard InChI is InChI=1S/C13H22N2O3S/c1-5-9(12(17)18-13(2,3)4)15-7-8(11(14)19)6-10(15)16/h8-9H,5-7H2,1-4H3,(H2,14,19). The molecule has 2 N–H and O–H groups in total. The minimum atomic E-state index is -0.560. The van der Waals surface area contributed by atoms with Gasteiger partial charge in [0.15, 0.2) is 0 Å². The van der Waals surface area contributed by atoms with Crippen molar-refractivity contribution < 1.29 is 14.3 Å². The molecule has 2 atom stereocenters. The number of nitrogens with two attached hydrogens (primary N) is 1. The van der Waals surface area contributed by atoms with Gasteiger partial charge in [0.25, 0.3) is 0 Å². The number of thiocarbonyl (C=S) groups is 1. The molecule has 0 radical (unpaired) electrons. The molecule has 19 heavy (non-hydrogen) atoms. The van der Waals surface area contributed by atoms with Gasteiger partial charge in [-0.1, -0.05) is 19.1 Å². The van der Waals surface area contributed by atoms with E-state index in [9.17, 15) is 9.59 Å². The summed E-state index contributed by atoms with van der Waals surface area (Å²) in [5.74, 6) is -0.596.